The lowest BCUT2D eigenvalue weighted by Gasteiger charge is -2.13. The van der Waals surface area contributed by atoms with Gasteiger partial charge in [0.15, 0.2) is 0 Å². The molecule has 136 valence electrons. The highest BCUT2D eigenvalue weighted by Gasteiger charge is 2.16. The molecule has 0 aromatic heterocycles. The Labute approximate surface area is 162 Å². The Morgan fingerprint density at radius 2 is 1.92 bits per heavy atom. The second-order valence-electron chi connectivity index (χ2n) is 6.46. The minimum absolute atomic E-state index is 0.516. The Hall–Kier alpha value is -1.75. The second-order valence-corrected chi connectivity index (χ2v) is 7.78. The quantitative estimate of drug-likeness (QED) is 0.710. The fourth-order valence-corrected chi connectivity index (χ4v) is 4.57. The van der Waals surface area contributed by atoms with Crippen LogP contribution in [0.1, 0.15) is 37.7 Å². The molecule has 0 radical (unpaired) electrons. The number of hydrogen-bond acceptors (Lipinski definition) is 3. The molecule has 0 fully saturated rings. The van der Waals surface area contributed by atoms with Gasteiger partial charge in [0, 0.05) is 15.5 Å². The number of benzene rings is 2. The first kappa shape index (κ1) is 19.0. The van der Waals surface area contributed by atoms with Crippen molar-refractivity contribution in [3.8, 4) is 0 Å². The molecule has 0 saturated heterocycles. The molecule has 5 heteroatoms. The summed E-state index contributed by atoms with van der Waals surface area (Å²) in [4.78, 5) is 12.0. The molecule has 2 aromatic rings. The Morgan fingerprint density at radius 3 is 2.73 bits per heavy atom. The van der Waals surface area contributed by atoms with Crippen molar-refractivity contribution in [2.24, 2.45) is 5.73 Å². The molecule has 1 aliphatic heterocycles. The molecule has 0 spiro atoms. The van der Waals surface area contributed by atoms with Crippen LogP contribution < -0.4 is 16.2 Å². The van der Waals surface area contributed by atoms with Gasteiger partial charge in [0.2, 0.25) is 0 Å². The van der Waals surface area contributed by atoms with Gasteiger partial charge in [0.05, 0.1) is 0 Å². The highest BCUT2D eigenvalue weighted by atomic mass is 35.5. The predicted octanol–water partition coefficient (Wildman–Crippen LogP) is 3.75. The van der Waals surface area contributed by atoms with E-state index in [9.17, 15) is 4.79 Å². The molecule has 1 atom stereocenters. The monoisotopic (exact) mass is 387 g/mol. The minimum atomic E-state index is -0.926. The number of nitrogens with two attached hydrogens (primary N) is 1. The first-order chi connectivity index (χ1) is 12.6. The number of rotatable bonds is 7. The zero-order valence-corrected chi connectivity index (χ0v) is 16.0. The molecule has 1 heterocycles. The van der Waals surface area contributed by atoms with E-state index in [1.165, 1.54) is 20.9 Å². The van der Waals surface area contributed by atoms with Gasteiger partial charge in [0.25, 0.3) is 0 Å². The summed E-state index contributed by atoms with van der Waals surface area (Å²) in [6, 6.07) is 13.7. The highest BCUT2D eigenvalue weighted by molar-refractivity contribution is 8.06. The number of hydrogen-bond donors (Lipinski definition) is 2. The normalized spacial score (nSPS) is 14.0. The minimum Gasteiger partial charge on any atom is -0.480 e. The van der Waals surface area contributed by atoms with E-state index < -0.39 is 12.0 Å². The number of carbonyl (C=O) groups is 1. The van der Waals surface area contributed by atoms with Crippen LogP contribution in [0.3, 0.4) is 0 Å². The Bertz CT molecular complexity index is 926. The van der Waals surface area contributed by atoms with Crippen LogP contribution in [0, 0.1) is 0 Å². The van der Waals surface area contributed by atoms with Crippen molar-refractivity contribution in [2.45, 2.75) is 43.0 Å². The van der Waals surface area contributed by atoms with E-state index >= 15 is 0 Å². The summed E-state index contributed by atoms with van der Waals surface area (Å²) in [5.74, 6) is -0.926. The topological polar surface area (TPSA) is 63.3 Å². The summed E-state index contributed by atoms with van der Waals surface area (Å²) in [6.07, 6.45) is 4.17. The van der Waals surface area contributed by atoms with Gasteiger partial charge in [-0.25, -0.2) is 0 Å². The zero-order chi connectivity index (χ0) is 18.5. The number of unbranched alkanes of at least 4 members (excludes halogenated alkanes) is 2. The van der Waals surface area contributed by atoms with Gasteiger partial charge in [-0.05, 0) is 52.8 Å². The van der Waals surface area contributed by atoms with Crippen molar-refractivity contribution in [2.75, 3.05) is 0 Å². The van der Waals surface area contributed by atoms with Crippen molar-refractivity contribution in [3.63, 3.8) is 0 Å². The summed E-state index contributed by atoms with van der Waals surface area (Å²) >= 11 is 8.27. The number of halogens is 1. The zero-order valence-electron chi connectivity index (χ0n) is 14.5. The smallest absolute Gasteiger partial charge is 0.320 e. The van der Waals surface area contributed by atoms with Crippen molar-refractivity contribution in [1.82, 2.24) is 0 Å². The number of aliphatic carboxylic acids is 1. The highest BCUT2D eigenvalue weighted by Crippen LogP contribution is 2.36. The van der Waals surface area contributed by atoms with E-state index in [4.69, 9.17) is 22.4 Å². The summed E-state index contributed by atoms with van der Waals surface area (Å²) in [7, 11) is 0. The van der Waals surface area contributed by atoms with Crippen molar-refractivity contribution >= 4 is 40.3 Å². The fraction of sp³-hybridized carbons (Fsp3) is 0.286. The van der Waals surface area contributed by atoms with Gasteiger partial charge >= 0.3 is 5.97 Å². The van der Waals surface area contributed by atoms with Crippen LogP contribution in [0.5, 0.6) is 0 Å². The Morgan fingerprint density at radius 1 is 1.12 bits per heavy atom. The van der Waals surface area contributed by atoms with Crippen LogP contribution in [-0.2, 0) is 4.79 Å². The van der Waals surface area contributed by atoms with Crippen molar-refractivity contribution in [3.05, 3.63) is 63.5 Å². The van der Waals surface area contributed by atoms with Crippen LogP contribution in [0.15, 0.2) is 47.4 Å². The molecule has 3 nitrogen and oxygen atoms in total. The molecule has 0 saturated carbocycles. The summed E-state index contributed by atoms with van der Waals surface area (Å²) in [5.41, 5.74) is 7.98. The van der Waals surface area contributed by atoms with E-state index in [0.29, 0.717) is 6.42 Å². The third-order valence-electron chi connectivity index (χ3n) is 4.64. The number of fused-ring (bicyclic) bond motifs is 2. The average Bonchev–Trinajstić information content (AvgIpc) is 2.79. The van der Waals surface area contributed by atoms with E-state index in [1.54, 1.807) is 11.8 Å². The van der Waals surface area contributed by atoms with Gasteiger partial charge in [-0.3, -0.25) is 4.79 Å². The number of thioether (sulfide) groups is 1. The first-order valence-electron chi connectivity index (χ1n) is 8.80. The van der Waals surface area contributed by atoms with E-state index in [0.717, 1.165) is 36.3 Å². The van der Waals surface area contributed by atoms with Gasteiger partial charge in [-0.1, -0.05) is 66.5 Å². The van der Waals surface area contributed by atoms with Crippen LogP contribution in [0.4, 0.5) is 0 Å². The fourth-order valence-electron chi connectivity index (χ4n) is 3.26. The predicted molar refractivity (Wildman–Crippen MR) is 109 cm³/mol. The van der Waals surface area contributed by atoms with Gasteiger partial charge < -0.3 is 10.8 Å². The molecule has 0 bridgehead atoms. The molecule has 0 aliphatic carbocycles. The lowest BCUT2D eigenvalue weighted by atomic mass is 9.95. The summed E-state index contributed by atoms with van der Waals surface area (Å²) in [5, 5.41) is 14.3. The van der Waals surface area contributed by atoms with Crippen LogP contribution in [0.25, 0.3) is 11.0 Å². The largest absolute Gasteiger partial charge is 0.480 e. The van der Waals surface area contributed by atoms with Crippen molar-refractivity contribution < 1.29 is 9.90 Å². The van der Waals surface area contributed by atoms with Gasteiger partial charge in [-0.15, -0.1) is 0 Å². The lowest BCUT2D eigenvalue weighted by Crippen LogP contribution is -2.29. The summed E-state index contributed by atoms with van der Waals surface area (Å²) in [6.45, 7) is 0. The standard InChI is InChI=1S/C21H22ClNO2S/c22-17-10-6-12-19-20(17)16(9-2-1-3-11-18(23)21(24)25)15-8-5-4-7-14(15)13-26-19/h4-8,10,12-13,18H,1-3,9,11,23H2,(H,24,25). The molecule has 0 amide bonds. The third-order valence-corrected chi connectivity index (χ3v) is 5.92. The SMILES string of the molecule is NC(CCCCCC1=c2ccccc2=CSc2cccc(Cl)c21)C(=O)O. The van der Waals surface area contributed by atoms with E-state index in [-0.39, 0.29) is 0 Å². The first-order valence-corrected chi connectivity index (χ1v) is 10.1. The van der Waals surface area contributed by atoms with Crippen molar-refractivity contribution in [1.29, 1.82) is 0 Å². The van der Waals surface area contributed by atoms with Crippen LogP contribution >= 0.6 is 23.4 Å². The molecule has 3 N–H and O–H groups in total. The molecule has 1 aliphatic rings. The molecular weight excluding hydrogens is 366 g/mol. The average molecular weight is 388 g/mol. The lowest BCUT2D eigenvalue weighted by molar-refractivity contribution is -0.138. The maximum absolute atomic E-state index is 10.8. The second kappa shape index (κ2) is 8.76. The van der Waals surface area contributed by atoms with E-state index in [2.05, 4.69) is 35.7 Å². The van der Waals surface area contributed by atoms with Crippen LogP contribution in [0.2, 0.25) is 5.02 Å². The Balaban J connectivity index is 1.84. The molecule has 1 unspecified atom stereocenters. The van der Waals surface area contributed by atoms with Gasteiger partial charge in [0.1, 0.15) is 6.04 Å². The van der Waals surface area contributed by atoms with E-state index in [1.807, 2.05) is 12.1 Å². The molecular formula is C21H22ClNO2S. The van der Waals surface area contributed by atoms with Crippen LogP contribution in [-0.4, -0.2) is 17.1 Å². The summed E-state index contributed by atoms with van der Waals surface area (Å²) < 4.78 is 0. The number of carboxylic acids is 1. The van der Waals surface area contributed by atoms with Gasteiger partial charge in [-0.2, -0.15) is 0 Å². The molecule has 3 rings (SSSR count). The number of carboxylic acid groups (broad SMARTS) is 1. The maximum Gasteiger partial charge on any atom is 0.320 e. The molecule has 2 aromatic carbocycles. The maximum atomic E-state index is 10.8. The third kappa shape index (κ3) is 4.32. The molecule has 26 heavy (non-hydrogen) atoms. The Kier molecular flexibility index (Phi) is 6.41.